The number of carbonyl (C=O) groups is 4. The Morgan fingerprint density at radius 2 is 1.87 bits per heavy atom. The van der Waals surface area contributed by atoms with Crippen LogP contribution in [0.1, 0.15) is 55.1 Å². The summed E-state index contributed by atoms with van der Waals surface area (Å²) in [6.07, 6.45) is 1.73. The number of imide groups is 1. The Kier molecular flexibility index (Phi) is 5.07. The first-order chi connectivity index (χ1) is 14.5. The lowest BCUT2D eigenvalue weighted by atomic mass is 9.97. The summed E-state index contributed by atoms with van der Waals surface area (Å²) in [5, 5.41) is 2.26. The van der Waals surface area contributed by atoms with Gasteiger partial charge in [0.1, 0.15) is 17.5 Å². The second-order valence-electron chi connectivity index (χ2n) is 8.97. The van der Waals surface area contributed by atoms with E-state index >= 15 is 0 Å². The molecule has 9 heteroatoms. The summed E-state index contributed by atoms with van der Waals surface area (Å²) in [6, 6.07) is 1.75. The van der Waals surface area contributed by atoms with Crippen LogP contribution in [0.4, 0.5) is 9.18 Å². The van der Waals surface area contributed by atoms with E-state index in [0.717, 1.165) is 5.57 Å². The number of hydrogen-bond acceptors (Lipinski definition) is 5. The quantitative estimate of drug-likeness (QED) is 0.728. The summed E-state index contributed by atoms with van der Waals surface area (Å²) in [5.41, 5.74) is 1.46. The van der Waals surface area contributed by atoms with E-state index in [1.54, 1.807) is 20.8 Å². The average Bonchev–Trinajstić information content (AvgIpc) is 3.26. The average molecular weight is 429 g/mol. The predicted octanol–water partition coefficient (Wildman–Crippen LogP) is 2.22. The molecule has 0 saturated carbocycles. The number of nitrogens with one attached hydrogen (secondary N) is 1. The number of fused-ring (bicyclic) bond motifs is 1. The SMILES string of the molecule is CC(C)(C)OC(=O)N1CC=C(c2cc(F)cc3c2CN(C2CCC(=O)NC2=O)C3=O)C1. The molecule has 1 unspecified atom stereocenters. The summed E-state index contributed by atoms with van der Waals surface area (Å²) in [4.78, 5) is 51.9. The summed E-state index contributed by atoms with van der Waals surface area (Å²) < 4.78 is 19.8. The summed E-state index contributed by atoms with van der Waals surface area (Å²) in [5.74, 6) is -1.89. The normalized spacial score (nSPS) is 21.2. The van der Waals surface area contributed by atoms with Crippen LogP contribution in [0.2, 0.25) is 0 Å². The van der Waals surface area contributed by atoms with Crippen molar-refractivity contribution < 1.29 is 28.3 Å². The number of rotatable bonds is 2. The van der Waals surface area contributed by atoms with Gasteiger partial charge in [0.25, 0.3) is 5.91 Å². The molecule has 3 aliphatic heterocycles. The highest BCUT2D eigenvalue weighted by atomic mass is 19.1. The van der Waals surface area contributed by atoms with Crippen molar-refractivity contribution in [3.63, 3.8) is 0 Å². The minimum absolute atomic E-state index is 0.139. The van der Waals surface area contributed by atoms with E-state index in [-0.39, 0.29) is 37.4 Å². The number of benzene rings is 1. The lowest BCUT2D eigenvalue weighted by molar-refractivity contribution is -0.136. The van der Waals surface area contributed by atoms with Gasteiger partial charge in [0.05, 0.1) is 0 Å². The lowest BCUT2D eigenvalue weighted by Crippen LogP contribution is -2.52. The number of piperidine rings is 1. The molecule has 1 aromatic rings. The first kappa shape index (κ1) is 21.0. The maximum Gasteiger partial charge on any atom is 0.410 e. The maximum atomic E-state index is 14.4. The molecule has 4 amide bonds. The largest absolute Gasteiger partial charge is 0.444 e. The fourth-order valence-corrected chi connectivity index (χ4v) is 4.13. The molecule has 8 nitrogen and oxygen atoms in total. The fraction of sp³-hybridized carbons (Fsp3) is 0.455. The minimum Gasteiger partial charge on any atom is -0.444 e. The van der Waals surface area contributed by atoms with Crippen LogP contribution in [0.25, 0.3) is 5.57 Å². The van der Waals surface area contributed by atoms with E-state index in [9.17, 15) is 23.6 Å². The summed E-state index contributed by atoms with van der Waals surface area (Å²) in [7, 11) is 0. The molecule has 3 heterocycles. The third-order valence-electron chi connectivity index (χ3n) is 5.54. The number of hydrogen-bond donors (Lipinski definition) is 1. The van der Waals surface area contributed by atoms with Gasteiger partial charge in [-0.2, -0.15) is 0 Å². The number of nitrogens with zero attached hydrogens (tertiary/aromatic N) is 2. The van der Waals surface area contributed by atoms with Crippen molar-refractivity contribution >= 4 is 29.4 Å². The van der Waals surface area contributed by atoms with Crippen LogP contribution >= 0.6 is 0 Å². The van der Waals surface area contributed by atoms with Gasteiger partial charge in [-0.3, -0.25) is 19.7 Å². The van der Waals surface area contributed by atoms with E-state index in [0.29, 0.717) is 17.7 Å². The number of amides is 4. The van der Waals surface area contributed by atoms with Gasteiger partial charge < -0.3 is 14.5 Å². The predicted molar refractivity (Wildman–Crippen MR) is 108 cm³/mol. The van der Waals surface area contributed by atoms with Crippen molar-refractivity contribution in [3.8, 4) is 0 Å². The Labute approximate surface area is 179 Å². The van der Waals surface area contributed by atoms with Gasteiger partial charge in [0, 0.05) is 31.6 Å². The van der Waals surface area contributed by atoms with Crippen LogP contribution in [0.5, 0.6) is 0 Å². The van der Waals surface area contributed by atoms with E-state index in [1.165, 1.54) is 21.9 Å². The van der Waals surface area contributed by atoms with Crippen LogP contribution < -0.4 is 5.32 Å². The van der Waals surface area contributed by atoms with E-state index < -0.39 is 35.4 Å². The van der Waals surface area contributed by atoms with Crippen LogP contribution in [0, 0.1) is 5.82 Å². The van der Waals surface area contributed by atoms with Crippen LogP contribution in [0.3, 0.4) is 0 Å². The van der Waals surface area contributed by atoms with Gasteiger partial charge in [-0.15, -0.1) is 0 Å². The van der Waals surface area contributed by atoms with E-state index in [1.807, 2.05) is 6.08 Å². The molecule has 0 spiro atoms. The Bertz CT molecular complexity index is 1030. The fourth-order valence-electron chi connectivity index (χ4n) is 4.13. The molecule has 1 saturated heterocycles. The molecule has 4 rings (SSSR count). The first-order valence-electron chi connectivity index (χ1n) is 10.2. The highest BCUT2D eigenvalue weighted by molar-refractivity contribution is 6.06. The Morgan fingerprint density at radius 1 is 1.16 bits per heavy atom. The summed E-state index contributed by atoms with van der Waals surface area (Å²) >= 11 is 0. The number of carbonyl (C=O) groups excluding carboxylic acids is 4. The van der Waals surface area contributed by atoms with E-state index in [4.69, 9.17) is 4.74 Å². The van der Waals surface area contributed by atoms with Gasteiger partial charge >= 0.3 is 6.09 Å². The van der Waals surface area contributed by atoms with E-state index in [2.05, 4.69) is 5.32 Å². The van der Waals surface area contributed by atoms with Crippen LogP contribution in [0.15, 0.2) is 18.2 Å². The first-order valence-corrected chi connectivity index (χ1v) is 10.2. The molecule has 1 atom stereocenters. The third-order valence-corrected chi connectivity index (χ3v) is 5.54. The van der Waals surface area contributed by atoms with Crippen molar-refractivity contribution in [1.82, 2.24) is 15.1 Å². The molecule has 0 radical (unpaired) electrons. The highest BCUT2D eigenvalue weighted by Gasteiger charge is 2.41. The second-order valence-corrected chi connectivity index (χ2v) is 8.97. The maximum absolute atomic E-state index is 14.4. The van der Waals surface area contributed by atoms with Crippen molar-refractivity contribution in [1.29, 1.82) is 0 Å². The van der Waals surface area contributed by atoms with Gasteiger partial charge in [-0.1, -0.05) is 6.08 Å². The number of ether oxygens (including phenoxy) is 1. The number of halogens is 1. The lowest BCUT2D eigenvalue weighted by Gasteiger charge is -2.29. The van der Waals surface area contributed by atoms with Gasteiger partial charge in [0.15, 0.2) is 0 Å². The van der Waals surface area contributed by atoms with Gasteiger partial charge in [-0.25, -0.2) is 9.18 Å². The molecule has 3 aliphatic rings. The molecule has 0 aromatic heterocycles. The van der Waals surface area contributed by atoms with Gasteiger partial charge in [-0.05, 0) is 56.0 Å². The topological polar surface area (TPSA) is 96.0 Å². The van der Waals surface area contributed by atoms with Crippen molar-refractivity contribution in [3.05, 3.63) is 40.7 Å². The molecular weight excluding hydrogens is 405 g/mol. The molecule has 1 aromatic carbocycles. The molecule has 0 aliphatic carbocycles. The Balaban J connectivity index is 1.58. The smallest absolute Gasteiger partial charge is 0.410 e. The minimum atomic E-state index is -0.774. The molecule has 0 bridgehead atoms. The van der Waals surface area contributed by atoms with Crippen molar-refractivity contribution in [2.24, 2.45) is 0 Å². The van der Waals surface area contributed by atoms with Crippen molar-refractivity contribution in [2.75, 3.05) is 13.1 Å². The zero-order chi connectivity index (χ0) is 22.5. The van der Waals surface area contributed by atoms with Crippen molar-refractivity contribution in [2.45, 2.75) is 51.8 Å². The molecule has 1 fully saturated rings. The molecule has 164 valence electrons. The van der Waals surface area contributed by atoms with Crippen LogP contribution in [-0.4, -0.2) is 58.3 Å². The van der Waals surface area contributed by atoms with Gasteiger partial charge in [0.2, 0.25) is 11.8 Å². The Morgan fingerprint density at radius 3 is 2.55 bits per heavy atom. The second kappa shape index (κ2) is 7.47. The molecule has 31 heavy (non-hydrogen) atoms. The zero-order valence-electron chi connectivity index (χ0n) is 17.7. The monoisotopic (exact) mass is 429 g/mol. The third kappa shape index (κ3) is 4.04. The molecular formula is C22H24FN3O5. The van der Waals surface area contributed by atoms with Crippen LogP contribution in [-0.2, 0) is 20.9 Å². The highest BCUT2D eigenvalue weighted by Crippen LogP contribution is 2.35. The molecule has 1 N–H and O–H groups in total. The zero-order valence-corrected chi connectivity index (χ0v) is 17.7. The Hall–Kier alpha value is -3.23. The summed E-state index contributed by atoms with van der Waals surface area (Å²) in [6.45, 7) is 6.04. The standard InChI is InChI=1S/C22H24FN3O5/c1-22(2,3)31-21(30)25-7-6-12(10-25)14-8-13(23)9-15-16(14)11-26(20(15)29)17-4-5-18(27)24-19(17)28/h6,8-9,17H,4-5,7,10-11H2,1-3H3,(H,24,27,28).